The number of amides is 1. The van der Waals surface area contributed by atoms with E-state index in [4.69, 9.17) is 0 Å². The summed E-state index contributed by atoms with van der Waals surface area (Å²) in [6.45, 7) is 1.26. The van der Waals surface area contributed by atoms with Crippen LogP contribution in [0.25, 0.3) is 0 Å². The van der Waals surface area contributed by atoms with Gasteiger partial charge in [0.1, 0.15) is 0 Å². The summed E-state index contributed by atoms with van der Waals surface area (Å²) in [6.07, 6.45) is 1.49. The largest absolute Gasteiger partial charge is 0.436 e. The summed E-state index contributed by atoms with van der Waals surface area (Å²) in [4.78, 5) is 12.0. The second kappa shape index (κ2) is 8.34. The molecule has 2 aromatic rings. The fraction of sp³-hybridized carbons (Fsp3) is 0.562. The Labute approximate surface area is 170 Å². The standard InChI is InChI=1S/C16H18Br2F3N5O/c17-11-8-23-25(9-11)6-1-5-22-12(27)4-7-26-14(10-2-3-10)13(18)15(24-26)16(19,20)21/h8-10H,1-7H2,(H,22,27). The Kier molecular flexibility index (Phi) is 6.29. The van der Waals surface area contributed by atoms with Crippen molar-refractivity contribution in [3.05, 3.63) is 32.7 Å². The molecule has 3 rings (SSSR count). The lowest BCUT2D eigenvalue weighted by molar-refractivity contribution is -0.142. The predicted octanol–water partition coefficient (Wildman–Crippen LogP) is 4.10. The zero-order chi connectivity index (χ0) is 19.6. The lowest BCUT2D eigenvalue weighted by atomic mass is 10.2. The van der Waals surface area contributed by atoms with Gasteiger partial charge in [-0.1, -0.05) is 0 Å². The zero-order valence-corrected chi connectivity index (χ0v) is 17.4. The van der Waals surface area contributed by atoms with E-state index in [1.54, 1.807) is 10.9 Å². The molecule has 1 amide bonds. The third-order valence-corrected chi connectivity index (χ3v) is 5.39. The third-order valence-electron chi connectivity index (χ3n) is 4.20. The minimum atomic E-state index is -4.52. The minimum Gasteiger partial charge on any atom is -0.356 e. The summed E-state index contributed by atoms with van der Waals surface area (Å²) in [5, 5.41) is 10.6. The first-order valence-electron chi connectivity index (χ1n) is 8.53. The Bertz CT molecular complexity index is 814. The van der Waals surface area contributed by atoms with Crippen molar-refractivity contribution < 1.29 is 18.0 Å². The van der Waals surface area contributed by atoms with E-state index in [0.29, 0.717) is 25.2 Å². The number of nitrogens with one attached hydrogen (secondary N) is 1. The Morgan fingerprint density at radius 3 is 2.63 bits per heavy atom. The van der Waals surface area contributed by atoms with Crippen molar-refractivity contribution in [2.45, 2.75) is 50.9 Å². The highest BCUT2D eigenvalue weighted by Crippen LogP contribution is 2.46. The lowest BCUT2D eigenvalue weighted by Gasteiger charge is -2.08. The average molecular weight is 513 g/mol. The highest BCUT2D eigenvalue weighted by molar-refractivity contribution is 9.10. The van der Waals surface area contributed by atoms with Crippen LogP contribution in [0, 0.1) is 0 Å². The van der Waals surface area contributed by atoms with Crippen LogP contribution in [0.3, 0.4) is 0 Å². The number of rotatable bonds is 8. The number of aromatic nitrogens is 4. The average Bonchev–Trinajstić information content (AvgIpc) is 3.24. The van der Waals surface area contributed by atoms with Crippen LogP contribution in [0.4, 0.5) is 13.2 Å². The molecule has 1 fully saturated rings. The molecule has 0 unspecified atom stereocenters. The third kappa shape index (κ3) is 5.34. The molecule has 0 spiro atoms. The van der Waals surface area contributed by atoms with Gasteiger partial charge in [0.05, 0.1) is 27.4 Å². The smallest absolute Gasteiger partial charge is 0.356 e. The van der Waals surface area contributed by atoms with Crippen molar-refractivity contribution >= 4 is 37.8 Å². The van der Waals surface area contributed by atoms with E-state index < -0.39 is 11.9 Å². The number of aryl methyl sites for hydroxylation is 2. The van der Waals surface area contributed by atoms with E-state index in [-0.39, 0.29) is 29.3 Å². The summed E-state index contributed by atoms with van der Waals surface area (Å²) in [5.74, 6) is -0.127. The molecule has 0 radical (unpaired) electrons. The van der Waals surface area contributed by atoms with E-state index in [1.807, 2.05) is 6.20 Å². The molecule has 1 aliphatic rings. The van der Waals surface area contributed by atoms with Crippen LogP contribution in [-0.2, 0) is 24.1 Å². The van der Waals surface area contributed by atoms with Crippen molar-refractivity contribution in [3.8, 4) is 0 Å². The lowest BCUT2D eigenvalue weighted by Crippen LogP contribution is -2.26. The van der Waals surface area contributed by atoms with Gasteiger partial charge in [-0.15, -0.1) is 0 Å². The van der Waals surface area contributed by atoms with Gasteiger partial charge in [0.2, 0.25) is 5.91 Å². The quantitative estimate of drug-likeness (QED) is 0.541. The zero-order valence-electron chi connectivity index (χ0n) is 14.3. The molecule has 2 heterocycles. The van der Waals surface area contributed by atoms with Gasteiger partial charge in [0.25, 0.3) is 0 Å². The molecule has 11 heteroatoms. The van der Waals surface area contributed by atoms with Gasteiger partial charge in [-0.3, -0.25) is 14.2 Å². The molecule has 27 heavy (non-hydrogen) atoms. The number of hydrogen-bond donors (Lipinski definition) is 1. The maximum atomic E-state index is 13.1. The first-order chi connectivity index (χ1) is 12.8. The van der Waals surface area contributed by atoms with Crippen LogP contribution in [-0.4, -0.2) is 32.0 Å². The van der Waals surface area contributed by atoms with Gasteiger partial charge in [-0.25, -0.2) is 0 Å². The molecule has 148 valence electrons. The molecule has 0 aromatic carbocycles. The second-order valence-corrected chi connectivity index (χ2v) is 8.13. The van der Waals surface area contributed by atoms with Gasteiger partial charge in [0.15, 0.2) is 5.69 Å². The monoisotopic (exact) mass is 511 g/mol. The van der Waals surface area contributed by atoms with Gasteiger partial charge in [0, 0.05) is 31.6 Å². The molecule has 0 saturated heterocycles. The highest BCUT2D eigenvalue weighted by Gasteiger charge is 2.41. The summed E-state index contributed by atoms with van der Waals surface area (Å²) in [6, 6.07) is 0. The van der Waals surface area contributed by atoms with E-state index in [1.165, 1.54) is 4.68 Å². The number of alkyl halides is 3. The molecule has 0 aliphatic heterocycles. The molecule has 0 atom stereocenters. The molecule has 1 saturated carbocycles. The van der Waals surface area contributed by atoms with E-state index >= 15 is 0 Å². The summed E-state index contributed by atoms with van der Waals surface area (Å²) >= 11 is 6.36. The van der Waals surface area contributed by atoms with E-state index in [2.05, 4.69) is 47.4 Å². The van der Waals surface area contributed by atoms with Gasteiger partial charge in [-0.05, 0) is 51.1 Å². The van der Waals surface area contributed by atoms with Gasteiger partial charge in [-0.2, -0.15) is 23.4 Å². The van der Waals surface area contributed by atoms with Crippen molar-refractivity contribution in [2.24, 2.45) is 0 Å². The molecule has 1 N–H and O–H groups in total. The second-order valence-electron chi connectivity index (χ2n) is 6.42. The van der Waals surface area contributed by atoms with Gasteiger partial charge >= 0.3 is 6.18 Å². The maximum Gasteiger partial charge on any atom is 0.436 e. The molecule has 2 aromatic heterocycles. The normalized spacial score (nSPS) is 14.6. The van der Waals surface area contributed by atoms with Crippen molar-refractivity contribution in [1.82, 2.24) is 24.9 Å². The Morgan fingerprint density at radius 1 is 1.30 bits per heavy atom. The number of hydrogen-bond acceptors (Lipinski definition) is 3. The predicted molar refractivity (Wildman–Crippen MR) is 99.1 cm³/mol. The minimum absolute atomic E-state index is 0.00305. The number of nitrogens with zero attached hydrogens (tertiary/aromatic N) is 4. The summed E-state index contributed by atoms with van der Waals surface area (Å²) in [5.41, 5.74) is -0.380. The molecular weight excluding hydrogens is 495 g/mol. The first-order valence-corrected chi connectivity index (χ1v) is 10.1. The summed E-state index contributed by atoms with van der Waals surface area (Å²) in [7, 11) is 0. The Hall–Kier alpha value is -1.36. The van der Waals surface area contributed by atoms with Crippen LogP contribution in [0.1, 0.15) is 43.0 Å². The van der Waals surface area contributed by atoms with Crippen LogP contribution >= 0.6 is 31.9 Å². The SMILES string of the molecule is O=C(CCn1nc(C(F)(F)F)c(Br)c1C1CC1)NCCCn1cc(Br)cn1. The van der Waals surface area contributed by atoms with Gasteiger partial charge < -0.3 is 5.32 Å². The Morgan fingerprint density at radius 2 is 2.04 bits per heavy atom. The topological polar surface area (TPSA) is 64.7 Å². The van der Waals surface area contributed by atoms with Crippen molar-refractivity contribution in [1.29, 1.82) is 0 Å². The molecule has 1 aliphatic carbocycles. The number of carbonyl (C=O) groups excluding carboxylic acids is 1. The van der Waals surface area contributed by atoms with E-state index in [9.17, 15) is 18.0 Å². The number of halogens is 5. The fourth-order valence-electron chi connectivity index (χ4n) is 2.78. The van der Waals surface area contributed by atoms with Crippen LogP contribution < -0.4 is 5.32 Å². The van der Waals surface area contributed by atoms with Crippen LogP contribution in [0.15, 0.2) is 21.3 Å². The van der Waals surface area contributed by atoms with Crippen LogP contribution in [0.2, 0.25) is 0 Å². The first kappa shape index (κ1) is 20.4. The van der Waals surface area contributed by atoms with Crippen molar-refractivity contribution in [2.75, 3.05) is 6.54 Å². The van der Waals surface area contributed by atoms with Crippen molar-refractivity contribution in [3.63, 3.8) is 0 Å². The number of carbonyl (C=O) groups is 1. The molecule has 6 nitrogen and oxygen atoms in total. The fourth-order valence-corrected chi connectivity index (χ4v) is 3.94. The molecule has 0 bridgehead atoms. The summed E-state index contributed by atoms with van der Waals surface area (Å²) < 4.78 is 43.2. The van der Waals surface area contributed by atoms with Crippen LogP contribution in [0.5, 0.6) is 0 Å². The highest BCUT2D eigenvalue weighted by atomic mass is 79.9. The Balaban J connectivity index is 1.49. The molecular formula is C16H18Br2F3N5O. The maximum absolute atomic E-state index is 13.1. The van der Waals surface area contributed by atoms with E-state index in [0.717, 1.165) is 17.3 Å².